The van der Waals surface area contributed by atoms with Crippen LogP contribution in [0.5, 0.6) is 0 Å². The zero-order chi connectivity index (χ0) is 25.5. The summed E-state index contributed by atoms with van der Waals surface area (Å²) in [6, 6.07) is 12.4. The largest absolute Gasteiger partial charge is 0.347 e. The maximum absolute atomic E-state index is 13.5. The lowest BCUT2D eigenvalue weighted by molar-refractivity contribution is 0.0591. The van der Waals surface area contributed by atoms with Gasteiger partial charge in [0.1, 0.15) is 0 Å². The lowest BCUT2D eigenvalue weighted by atomic mass is 9.99. The van der Waals surface area contributed by atoms with Gasteiger partial charge in [-0.15, -0.1) is 0 Å². The molecule has 0 aliphatic carbocycles. The Bertz CT molecular complexity index is 1180. The number of urea groups is 1. The highest BCUT2D eigenvalue weighted by molar-refractivity contribution is 6.07. The Balaban J connectivity index is 1.14. The molecule has 2 aliphatic rings. The smallest absolute Gasteiger partial charge is 0.315 e. The minimum atomic E-state index is -0.190. The highest BCUT2D eigenvalue weighted by atomic mass is 16.2. The summed E-state index contributed by atoms with van der Waals surface area (Å²) in [6.45, 7) is 5.82. The van der Waals surface area contributed by atoms with Crippen molar-refractivity contribution in [3.05, 3.63) is 66.1 Å². The van der Waals surface area contributed by atoms with E-state index in [0.717, 1.165) is 60.9 Å². The predicted molar refractivity (Wildman–Crippen MR) is 145 cm³/mol. The van der Waals surface area contributed by atoms with E-state index in [2.05, 4.69) is 31.2 Å². The van der Waals surface area contributed by atoms with Gasteiger partial charge in [0.05, 0.1) is 5.56 Å². The number of piperidine rings is 2. The van der Waals surface area contributed by atoms with E-state index >= 15 is 0 Å². The van der Waals surface area contributed by atoms with E-state index in [1.54, 1.807) is 12.4 Å². The van der Waals surface area contributed by atoms with Crippen LogP contribution in [0.3, 0.4) is 0 Å². The van der Waals surface area contributed by atoms with Gasteiger partial charge >= 0.3 is 6.03 Å². The number of rotatable bonds is 8. The second-order valence-corrected chi connectivity index (χ2v) is 10.2. The zero-order valence-electron chi connectivity index (χ0n) is 21.6. The zero-order valence-corrected chi connectivity index (χ0v) is 21.6. The van der Waals surface area contributed by atoms with Crippen LogP contribution in [-0.2, 0) is 13.1 Å². The number of pyridine rings is 1. The summed E-state index contributed by atoms with van der Waals surface area (Å²) in [4.78, 5) is 34.4. The van der Waals surface area contributed by atoms with Gasteiger partial charge in [-0.1, -0.05) is 30.7 Å². The van der Waals surface area contributed by atoms with Gasteiger partial charge in [-0.05, 0) is 62.9 Å². The van der Waals surface area contributed by atoms with E-state index in [1.165, 1.54) is 32.4 Å². The molecule has 2 saturated heterocycles. The van der Waals surface area contributed by atoms with Gasteiger partial charge in [0.15, 0.2) is 0 Å². The molecule has 196 valence electrons. The average Bonchev–Trinajstić information content (AvgIpc) is 3.33. The van der Waals surface area contributed by atoms with E-state index in [-0.39, 0.29) is 11.9 Å². The van der Waals surface area contributed by atoms with Crippen LogP contribution < -0.4 is 10.6 Å². The first-order valence-corrected chi connectivity index (χ1v) is 13.7. The van der Waals surface area contributed by atoms with Gasteiger partial charge in [0, 0.05) is 68.3 Å². The van der Waals surface area contributed by atoms with Crippen molar-refractivity contribution in [1.29, 1.82) is 0 Å². The minimum Gasteiger partial charge on any atom is -0.347 e. The molecule has 0 radical (unpaired) electrons. The molecule has 2 aliphatic heterocycles. The van der Waals surface area contributed by atoms with Crippen molar-refractivity contribution >= 4 is 22.8 Å². The standard InChI is InChI=1S/C29H38N6O2/c36-28(34-18-11-24(12-19-34)33-15-4-1-5-16-33)26-22-35(27-10-3-2-9-25(26)27)17-7-14-31-29(37)32-21-23-8-6-13-30-20-23/h2-3,6,8-10,13,20,22,24H,1,4-5,7,11-12,14-19,21H2,(H2,31,32,37). The van der Waals surface area contributed by atoms with Crippen molar-refractivity contribution < 1.29 is 9.59 Å². The number of aryl methyl sites for hydroxylation is 1. The maximum atomic E-state index is 13.5. The van der Waals surface area contributed by atoms with Crippen molar-refractivity contribution in [3.8, 4) is 0 Å². The fourth-order valence-corrected chi connectivity index (χ4v) is 5.69. The summed E-state index contributed by atoms with van der Waals surface area (Å²) in [5.41, 5.74) is 2.81. The molecule has 3 amide bonds. The normalized spacial score (nSPS) is 17.1. The number of hydrogen-bond acceptors (Lipinski definition) is 4. The van der Waals surface area contributed by atoms with E-state index in [9.17, 15) is 9.59 Å². The molecule has 37 heavy (non-hydrogen) atoms. The number of likely N-dealkylation sites (tertiary alicyclic amines) is 2. The molecule has 3 aromatic rings. The van der Waals surface area contributed by atoms with Crippen LogP contribution >= 0.6 is 0 Å². The number of nitrogens with one attached hydrogen (secondary N) is 2. The Hall–Kier alpha value is -3.39. The summed E-state index contributed by atoms with van der Waals surface area (Å²) >= 11 is 0. The number of nitrogens with zero attached hydrogens (tertiary/aromatic N) is 4. The number of amides is 3. The SMILES string of the molecule is O=C(NCCCn1cc(C(=O)N2CCC(N3CCCCC3)CC2)c2ccccc21)NCc1cccnc1. The molecule has 4 heterocycles. The fourth-order valence-electron chi connectivity index (χ4n) is 5.69. The predicted octanol–water partition coefficient (Wildman–Crippen LogP) is 4.02. The van der Waals surface area contributed by atoms with Crippen LogP contribution in [0.4, 0.5) is 4.79 Å². The molecule has 0 saturated carbocycles. The monoisotopic (exact) mass is 502 g/mol. The Morgan fingerprint density at radius 1 is 0.946 bits per heavy atom. The Morgan fingerprint density at radius 2 is 1.76 bits per heavy atom. The highest BCUT2D eigenvalue weighted by Gasteiger charge is 2.29. The number of carbonyl (C=O) groups is 2. The molecule has 8 nitrogen and oxygen atoms in total. The first kappa shape index (κ1) is 25.3. The Kier molecular flexibility index (Phi) is 8.35. The molecule has 1 aromatic carbocycles. The number of carbonyl (C=O) groups excluding carboxylic acids is 2. The number of para-hydroxylation sites is 1. The second-order valence-electron chi connectivity index (χ2n) is 10.2. The van der Waals surface area contributed by atoms with Crippen LogP contribution in [0.25, 0.3) is 10.9 Å². The third-order valence-electron chi connectivity index (χ3n) is 7.71. The molecule has 0 spiro atoms. The summed E-state index contributed by atoms with van der Waals surface area (Å²) in [5, 5.41) is 6.78. The Labute approximate surface area is 219 Å². The maximum Gasteiger partial charge on any atom is 0.315 e. The van der Waals surface area contributed by atoms with Crippen LogP contribution in [0.1, 0.15) is 54.4 Å². The molecular formula is C29H38N6O2. The molecular weight excluding hydrogens is 464 g/mol. The molecule has 0 atom stereocenters. The quantitative estimate of drug-likeness (QED) is 0.456. The minimum absolute atomic E-state index is 0.139. The number of fused-ring (bicyclic) bond motifs is 1. The molecule has 8 heteroatoms. The van der Waals surface area contributed by atoms with Crippen molar-refractivity contribution in [2.45, 2.75) is 57.7 Å². The van der Waals surface area contributed by atoms with Gasteiger partial charge in [-0.3, -0.25) is 9.78 Å². The third-order valence-corrected chi connectivity index (χ3v) is 7.71. The molecule has 2 fully saturated rings. The van der Waals surface area contributed by atoms with Gasteiger partial charge in [0.2, 0.25) is 0 Å². The number of benzene rings is 1. The van der Waals surface area contributed by atoms with E-state index in [0.29, 0.717) is 19.1 Å². The summed E-state index contributed by atoms with van der Waals surface area (Å²) < 4.78 is 2.15. The first-order chi connectivity index (χ1) is 18.2. The van der Waals surface area contributed by atoms with Crippen LogP contribution in [-0.4, -0.2) is 70.1 Å². The number of hydrogen-bond donors (Lipinski definition) is 2. The average molecular weight is 503 g/mol. The molecule has 0 unspecified atom stereocenters. The molecule has 2 N–H and O–H groups in total. The van der Waals surface area contributed by atoms with Crippen molar-refractivity contribution in [1.82, 2.24) is 30.0 Å². The second kappa shape index (κ2) is 12.2. The topological polar surface area (TPSA) is 82.5 Å². The lowest BCUT2D eigenvalue weighted by Gasteiger charge is -2.40. The molecule has 2 aromatic heterocycles. The van der Waals surface area contributed by atoms with E-state index in [1.807, 2.05) is 41.4 Å². The van der Waals surface area contributed by atoms with Gasteiger partial charge in [-0.25, -0.2) is 4.79 Å². The molecule has 5 rings (SSSR count). The summed E-state index contributed by atoms with van der Waals surface area (Å²) in [5.74, 6) is 0.139. The van der Waals surface area contributed by atoms with Gasteiger partial charge < -0.3 is 25.0 Å². The summed E-state index contributed by atoms with van der Waals surface area (Å²) in [6.07, 6.45) is 12.3. The lowest BCUT2D eigenvalue weighted by Crippen LogP contribution is -2.48. The van der Waals surface area contributed by atoms with Crippen LogP contribution in [0, 0.1) is 0 Å². The van der Waals surface area contributed by atoms with Crippen LogP contribution in [0.2, 0.25) is 0 Å². The highest BCUT2D eigenvalue weighted by Crippen LogP contribution is 2.26. The number of aromatic nitrogens is 2. The van der Waals surface area contributed by atoms with E-state index < -0.39 is 0 Å². The van der Waals surface area contributed by atoms with E-state index in [4.69, 9.17) is 0 Å². The van der Waals surface area contributed by atoms with Crippen LogP contribution in [0.15, 0.2) is 55.0 Å². The van der Waals surface area contributed by atoms with Gasteiger partial charge in [-0.2, -0.15) is 0 Å². The van der Waals surface area contributed by atoms with Crippen molar-refractivity contribution in [2.75, 3.05) is 32.7 Å². The van der Waals surface area contributed by atoms with Gasteiger partial charge in [0.25, 0.3) is 5.91 Å². The third kappa shape index (κ3) is 6.31. The van der Waals surface area contributed by atoms with Crippen molar-refractivity contribution in [2.24, 2.45) is 0 Å². The Morgan fingerprint density at radius 3 is 2.54 bits per heavy atom. The van der Waals surface area contributed by atoms with Crippen molar-refractivity contribution in [3.63, 3.8) is 0 Å². The summed E-state index contributed by atoms with van der Waals surface area (Å²) in [7, 11) is 0. The fraction of sp³-hybridized carbons (Fsp3) is 0.483. The molecule has 0 bridgehead atoms. The first-order valence-electron chi connectivity index (χ1n) is 13.7.